The number of fused-ring (bicyclic) bond motifs is 3. The maximum atomic E-state index is 12.8. The van der Waals surface area contributed by atoms with Gasteiger partial charge in [-0.05, 0) is 52.1 Å². The number of amides is 2. The smallest absolute Gasteiger partial charge is 0.254 e. The molecular formula is C18H15BrN2O4. The number of hydrogen-bond donors (Lipinski definition) is 2. The van der Waals surface area contributed by atoms with Gasteiger partial charge in [-0.3, -0.25) is 9.59 Å². The van der Waals surface area contributed by atoms with Crippen molar-refractivity contribution in [2.45, 2.75) is 12.8 Å². The van der Waals surface area contributed by atoms with Crippen LogP contribution in [0.4, 0.5) is 0 Å². The van der Waals surface area contributed by atoms with E-state index in [1.807, 2.05) is 0 Å². The van der Waals surface area contributed by atoms with Crippen LogP contribution in [0.1, 0.15) is 18.4 Å². The Bertz CT molecular complexity index is 855. The molecule has 25 heavy (non-hydrogen) atoms. The van der Waals surface area contributed by atoms with E-state index < -0.39 is 0 Å². The number of phenolic OH excluding ortho intramolecular Hbond substituents is 2. The summed E-state index contributed by atoms with van der Waals surface area (Å²) in [4.78, 5) is 25.6. The molecule has 4 atom stereocenters. The summed E-state index contributed by atoms with van der Waals surface area (Å²) in [6.07, 6.45) is 7.70. The van der Waals surface area contributed by atoms with Gasteiger partial charge in [0.05, 0.1) is 22.5 Å². The van der Waals surface area contributed by atoms with Crippen molar-refractivity contribution < 1.29 is 19.8 Å². The van der Waals surface area contributed by atoms with Crippen LogP contribution in [0.5, 0.6) is 11.5 Å². The summed E-state index contributed by atoms with van der Waals surface area (Å²) < 4.78 is 0.389. The number of rotatable bonds is 2. The number of hydrogen-bond acceptors (Lipinski definition) is 5. The number of carbonyl (C=O) groups is 2. The van der Waals surface area contributed by atoms with Crippen LogP contribution in [-0.4, -0.2) is 33.3 Å². The molecule has 1 saturated heterocycles. The molecular weight excluding hydrogens is 388 g/mol. The van der Waals surface area contributed by atoms with Crippen LogP contribution >= 0.6 is 15.9 Å². The van der Waals surface area contributed by atoms with Gasteiger partial charge in [0.2, 0.25) is 0 Å². The molecule has 1 aromatic rings. The van der Waals surface area contributed by atoms with E-state index in [0.717, 1.165) is 17.9 Å². The maximum absolute atomic E-state index is 12.8. The van der Waals surface area contributed by atoms with Crippen molar-refractivity contribution in [3.05, 3.63) is 34.3 Å². The molecule has 1 spiro atoms. The monoisotopic (exact) mass is 402 g/mol. The molecule has 0 aromatic heterocycles. The Labute approximate surface area is 152 Å². The highest BCUT2D eigenvalue weighted by Crippen LogP contribution is 2.73. The number of benzene rings is 1. The lowest BCUT2D eigenvalue weighted by Crippen LogP contribution is -2.30. The first-order valence-electron chi connectivity index (χ1n) is 8.26. The molecule has 6 nitrogen and oxygen atoms in total. The predicted molar refractivity (Wildman–Crippen MR) is 91.7 cm³/mol. The average Bonchev–Trinajstić information content (AvgIpc) is 3.17. The summed E-state index contributed by atoms with van der Waals surface area (Å²) in [6, 6.07) is 2.65. The first-order chi connectivity index (χ1) is 11.9. The molecule has 0 unspecified atom stereocenters. The summed E-state index contributed by atoms with van der Waals surface area (Å²) in [7, 11) is 0. The molecule has 7 heteroatoms. The lowest BCUT2D eigenvalue weighted by atomic mass is 9.85. The Balaban J connectivity index is 1.45. The van der Waals surface area contributed by atoms with Gasteiger partial charge in [0.15, 0.2) is 0 Å². The van der Waals surface area contributed by atoms with Gasteiger partial charge in [0, 0.05) is 11.6 Å². The third kappa shape index (κ3) is 1.82. The van der Waals surface area contributed by atoms with E-state index in [0.29, 0.717) is 10.0 Å². The van der Waals surface area contributed by atoms with Crippen LogP contribution < -0.4 is 0 Å². The topological polar surface area (TPSA) is 90.2 Å². The van der Waals surface area contributed by atoms with Gasteiger partial charge in [-0.1, -0.05) is 12.2 Å². The van der Waals surface area contributed by atoms with Crippen molar-refractivity contribution in [1.82, 2.24) is 5.01 Å². The van der Waals surface area contributed by atoms with E-state index in [2.05, 4.69) is 33.2 Å². The van der Waals surface area contributed by atoms with E-state index in [1.54, 1.807) is 0 Å². The van der Waals surface area contributed by atoms with E-state index >= 15 is 0 Å². The summed E-state index contributed by atoms with van der Waals surface area (Å²) in [5.41, 5.74) is 0.471. The molecule has 2 N–H and O–H groups in total. The Kier molecular flexibility index (Phi) is 2.86. The highest BCUT2D eigenvalue weighted by atomic mass is 79.9. The minimum absolute atomic E-state index is 0.102. The Morgan fingerprint density at radius 1 is 1.08 bits per heavy atom. The molecule has 128 valence electrons. The maximum Gasteiger partial charge on any atom is 0.254 e. The zero-order valence-corrected chi connectivity index (χ0v) is 14.7. The van der Waals surface area contributed by atoms with E-state index in [-0.39, 0.29) is 52.4 Å². The molecule has 4 aliphatic rings. The number of imide groups is 1. The number of carbonyl (C=O) groups excluding carboxylic acids is 2. The molecule has 3 fully saturated rings. The number of aromatic hydroxyl groups is 2. The fourth-order valence-corrected chi connectivity index (χ4v) is 5.33. The summed E-state index contributed by atoms with van der Waals surface area (Å²) >= 11 is 3.16. The summed E-state index contributed by atoms with van der Waals surface area (Å²) in [5, 5.41) is 24.4. The second kappa shape index (κ2) is 4.72. The fraction of sp³-hybridized carbons (Fsp3) is 0.389. The van der Waals surface area contributed by atoms with E-state index in [9.17, 15) is 19.8 Å². The van der Waals surface area contributed by atoms with Gasteiger partial charge in [0.25, 0.3) is 11.8 Å². The van der Waals surface area contributed by atoms with Crippen LogP contribution in [-0.2, 0) is 9.59 Å². The van der Waals surface area contributed by atoms with Crippen molar-refractivity contribution in [2.75, 3.05) is 0 Å². The number of hydrazone groups is 1. The molecule has 0 radical (unpaired) electrons. The number of nitrogens with zero attached hydrogens (tertiary/aromatic N) is 2. The second-order valence-corrected chi connectivity index (χ2v) is 8.17. The lowest BCUT2D eigenvalue weighted by Gasteiger charge is -2.18. The quantitative estimate of drug-likeness (QED) is 0.451. The molecule has 1 heterocycles. The third-order valence-electron chi connectivity index (χ3n) is 6.24. The van der Waals surface area contributed by atoms with Crippen molar-refractivity contribution in [1.29, 1.82) is 0 Å². The molecule has 3 aliphatic carbocycles. The summed E-state index contributed by atoms with van der Waals surface area (Å²) in [5.74, 6) is -1.02. The van der Waals surface area contributed by atoms with Crippen LogP contribution in [0, 0.1) is 29.1 Å². The number of halogens is 1. The fourth-order valence-electron chi connectivity index (χ4n) is 4.97. The molecule has 2 amide bonds. The van der Waals surface area contributed by atoms with Gasteiger partial charge in [-0.2, -0.15) is 10.1 Å². The van der Waals surface area contributed by atoms with Crippen LogP contribution in [0.2, 0.25) is 0 Å². The third-order valence-corrected chi connectivity index (χ3v) is 6.87. The van der Waals surface area contributed by atoms with Crippen LogP contribution in [0.3, 0.4) is 0 Å². The number of phenols is 2. The van der Waals surface area contributed by atoms with Crippen LogP contribution in [0.25, 0.3) is 0 Å². The average molecular weight is 403 g/mol. The van der Waals surface area contributed by atoms with E-state index in [1.165, 1.54) is 18.3 Å². The Morgan fingerprint density at radius 2 is 1.68 bits per heavy atom. The minimum Gasteiger partial charge on any atom is -0.507 e. The van der Waals surface area contributed by atoms with Crippen molar-refractivity contribution in [3.63, 3.8) is 0 Å². The van der Waals surface area contributed by atoms with Gasteiger partial charge >= 0.3 is 0 Å². The SMILES string of the molecule is O=C1[C@@H]2[C@H](C(=O)N1/N=C\c1cc(Br)c(O)cc1O)[C@@H]1C=C[C@@H]2C12CC2. The van der Waals surface area contributed by atoms with Crippen molar-refractivity contribution in [3.8, 4) is 11.5 Å². The van der Waals surface area contributed by atoms with Crippen molar-refractivity contribution >= 4 is 34.0 Å². The van der Waals surface area contributed by atoms with E-state index in [4.69, 9.17) is 0 Å². The zero-order valence-electron chi connectivity index (χ0n) is 13.1. The predicted octanol–water partition coefficient (Wildman–Crippen LogP) is 2.39. The van der Waals surface area contributed by atoms with Crippen molar-refractivity contribution in [2.24, 2.45) is 34.2 Å². The van der Waals surface area contributed by atoms with Gasteiger partial charge in [-0.25, -0.2) is 0 Å². The Hall–Kier alpha value is -2.15. The Morgan fingerprint density at radius 3 is 2.24 bits per heavy atom. The largest absolute Gasteiger partial charge is 0.507 e. The van der Waals surface area contributed by atoms with Crippen LogP contribution in [0.15, 0.2) is 33.9 Å². The number of allylic oxidation sites excluding steroid dienone is 2. The molecule has 1 aromatic carbocycles. The molecule has 1 aliphatic heterocycles. The lowest BCUT2D eigenvalue weighted by molar-refractivity contribution is -0.141. The molecule has 2 bridgehead atoms. The highest BCUT2D eigenvalue weighted by Gasteiger charge is 2.73. The standard InChI is InChI=1S/C18H15BrN2O4/c19-11-5-8(12(22)6-13(11)23)7-20-21-16(24)14-9-1-2-10(15(14)17(21)25)18(9)3-4-18/h1-2,5-7,9-10,14-15,22-23H,3-4H2/b20-7-/t9-,10-,14-,15+/m0/s1. The van der Waals surface area contributed by atoms with Gasteiger partial charge in [-0.15, -0.1) is 0 Å². The zero-order chi connectivity index (χ0) is 17.5. The second-order valence-electron chi connectivity index (χ2n) is 7.32. The first kappa shape index (κ1) is 15.1. The molecule has 2 saturated carbocycles. The minimum atomic E-state index is -0.290. The van der Waals surface area contributed by atoms with Gasteiger partial charge < -0.3 is 10.2 Å². The first-order valence-corrected chi connectivity index (χ1v) is 9.05. The summed E-state index contributed by atoms with van der Waals surface area (Å²) in [6.45, 7) is 0. The molecule has 5 rings (SSSR count). The van der Waals surface area contributed by atoms with Gasteiger partial charge in [0.1, 0.15) is 11.5 Å². The normalized spacial score (nSPS) is 33.9. The highest BCUT2D eigenvalue weighted by molar-refractivity contribution is 9.10.